The maximum atomic E-state index is 10.2. The van der Waals surface area contributed by atoms with E-state index >= 15 is 0 Å². The standard InChI is InChI=1S/C18H19ClN2O2/c1-12-7-17-18(8-13(12)2)21(11-20-17)9-15(22)10-23-16-5-3-14(19)4-6-16/h3-8,11,15,22H,9-10H2,1-2H3/t15-/m0/s1. The highest BCUT2D eigenvalue weighted by molar-refractivity contribution is 6.30. The van der Waals surface area contributed by atoms with Crippen molar-refractivity contribution >= 4 is 22.6 Å². The summed E-state index contributed by atoms with van der Waals surface area (Å²) >= 11 is 5.83. The molecule has 0 bridgehead atoms. The molecule has 0 saturated carbocycles. The second kappa shape index (κ2) is 6.60. The summed E-state index contributed by atoms with van der Waals surface area (Å²) in [5.74, 6) is 0.690. The molecule has 1 atom stereocenters. The van der Waals surface area contributed by atoms with Gasteiger partial charge in [-0.25, -0.2) is 4.98 Å². The lowest BCUT2D eigenvalue weighted by Crippen LogP contribution is -2.23. The van der Waals surface area contributed by atoms with Crippen molar-refractivity contribution in [1.29, 1.82) is 0 Å². The van der Waals surface area contributed by atoms with Crippen molar-refractivity contribution in [1.82, 2.24) is 9.55 Å². The summed E-state index contributed by atoms with van der Waals surface area (Å²) in [5.41, 5.74) is 4.40. The van der Waals surface area contributed by atoms with Gasteiger partial charge in [-0.05, 0) is 61.4 Å². The van der Waals surface area contributed by atoms with Crippen molar-refractivity contribution in [2.45, 2.75) is 26.5 Å². The number of halogens is 1. The molecule has 0 aliphatic rings. The van der Waals surface area contributed by atoms with Gasteiger partial charge in [0.2, 0.25) is 0 Å². The molecule has 2 aromatic carbocycles. The monoisotopic (exact) mass is 330 g/mol. The van der Waals surface area contributed by atoms with E-state index in [4.69, 9.17) is 16.3 Å². The fraction of sp³-hybridized carbons (Fsp3) is 0.278. The van der Waals surface area contributed by atoms with Crippen molar-refractivity contribution < 1.29 is 9.84 Å². The Bertz CT molecular complexity index is 812. The third-order valence-electron chi connectivity index (χ3n) is 3.90. The Balaban J connectivity index is 1.67. The minimum atomic E-state index is -0.621. The fourth-order valence-corrected chi connectivity index (χ4v) is 2.59. The van der Waals surface area contributed by atoms with E-state index in [0.717, 1.165) is 11.0 Å². The number of aryl methyl sites for hydroxylation is 2. The fourth-order valence-electron chi connectivity index (χ4n) is 2.46. The van der Waals surface area contributed by atoms with Crippen LogP contribution in [0, 0.1) is 13.8 Å². The number of fused-ring (bicyclic) bond motifs is 1. The van der Waals surface area contributed by atoms with Crippen molar-refractivity contribution in [3.8, 4) is 5.75 Å². The minimum absolute atomic E-state index is 0.214. The summed E-state index contributed by atoms with van der Waals surface area (Å²) in [7, 11) is 0. The predicted octanol–water partition coefficient (Wildman–Crippen LogP) is 3.75. The molecule has 0 spiro atoms. The lowest BCUT2D eigenvalue weighted by atomic mass is 10.1. The number of hydrogen-bond donors (Lipinski definition) is 1. The van der Waals surface area contributed by atoms with Crippen molar-refractivity contribution in [3.05, 3.63) is 58.9 Å². The maximum absolute atomic E-state index is 10.2. The largest absolute Gasteiger partial charge is 0.491 e. The second-order valence-electron chi connectivity index (χ2n) is 5.74. The van der Waals surface area contributed by atoms with E-state index in [1.54, 1.807) is 30.6 Å². The number of imidazole rings is 1. The van der Waals surface area contributed by atoms with E-state index in [9.17, 15) is 5.11 Å². The normalized spacial score (nSPS) is 12.5. The third-order valence-corrected chi connectivity index (χ3v) is 4.15. The molecule has 1 heterocycles. The lowest BCUT2D eigenvalue weighted by Gasteiger charge is -2.14. The second-order valence-corrected chi connectivity index (χ2v) is 6.18. The Kier molecular flexibility index (Phi) is 4.55. The lowest BCUT2D eigenvalue weighted by molar-refractivity contribution is 0.0934. The van der Waals surface area contributed by atoms with Crippen molar-refractivity contribution in [2.24, 2.45) is 0 Å². The molecule has 1 N–H and O–H groups in total. The van der Waals surface area contributed by atoms with Gasteiger partial charge in [-0.3, -0.25) is 0 Å². The highest BCUT2D eigenvalue weighted by Gasteiger charge is 2.10. The van der Waals surface area contributed by atoms with Gasteiger partial charge in [0.15, 0.2) is 0 Å². The number of aliphatic hydroxyl groups is 1. The van der Waals surface area contributed by atoms with Crippen LogP contribution in [0.4, 0.5) is 0 Å². The summed E-state index contributed by atoms with van der Waals surface area (Å²) in [5, 5.41) is 10.9. The van der Waals surface area contributed by atoms with E-state index in [2.05, 4.69) is 31.0 Å². The molecular formula is C18H19ClN2O2. The Morgan fingerprint density at radius 1 is 1.17 bits per heavy atom. The first-order chi connectivity index (χ1) is 11.0. The molecule has 0 aliphatic heterocycles. The van der Waals surface area contributed by atoms with Crippen LogP contribution in [-0.4, -0.2) is 27.4 Å². The van der Waals surface area contributed by atoms with Crippen LogP contribution in [0.25, 0.3) is 11.0 Å². The van der Waals surface area contributed by atoms with Gasteiger partial charge in [-0.1, -0.05) is 11.6 Å². The smallest absolute Gasteiger partial charge is 0.119 e. The molecule has 5 heteroatoms. The highest BCUT2D eigenvalue weighted by atomic mass is 35.5. The molecular weight excluding hydrogens is 312 g/mol. The van der Waals surface area contributed by atoms with E-state index in [1.807, 2.05) is 4.57 Å². The molecule has 3 aromatic rings. The third kappa shape index (κ3) is 3.66. The van der Waals surface area contributed by atoms with Gasteiger partial charge in [0.05, 0.1) is 23.9 Å². The Hall–Kier alpha value is -2.04. The van der Waals surface area contributed by atoms with Crippen LogP contribution < -0.4 is 4.74 Å². The zero-order valence-corrected chi connectivity index (χ0v) is 13.9. The molecule has 0 fully saturated rings. The SMILES string of the molecule is Cc1cc2ncn(C[C@H](O)COc3ccc(Cl)cc3)c2cc1C. The van der Waals surface area contributed by atoms with E-state index in [0.29, 0.717) is 17.3 Å². The Morgan fingerprint density at radius 2 is 1.87 bits per heavy atom. The minimum Gasteiger partial charge on any atom is -0.491 e. The van der Waals surface area contributed by atoms with Crippen LogP contribution in [0.1, 0.15) is 11.1 Å². The molecule has 0 saturated heterocycles. The van der Waals surface area contributed by atoms with Crippen LogP contribution in [0.15, 0.2) is 42.7 Å². The molecule has 0 amide bonds. The number of aliphatic hydroxyl groups excluding tert-OH is 1. The van der Waals surface area contributed by atoms with E-state index in [1.165, 1.54) is 11.1 Å². The summed E-state index contributed by atoms with van der Waals surface area (Å²) < 4.78 is 7.54. The predicted molar refractivity (Wildman–Crippen MR) is 92.2 cm³/mol. The summed E-state index contributed by atoms with van der Waals surface area (Å²) in [4.78, 5) is 4.40. The van der Waals surface area contributed by atoms with E-state index < -0.39 is 6.10 Å². The first-order valence-electron chi connectivity index (χ1n) is 7.51. The number of aromatic nitrogens is 2. The van der Waals surface area contributed by atoms with Crippen LogP contribution in [0.5, 0.6) is 5.75 Å². The molecule has 4 nitrogen and oxygen atoms in total. The molecule has 1 aromatic heterocycles. The molecule has 120 valence electrons. The summed E-state index contributed by atoms with van der Waals surface area (Å²) in [6, 6.07) is 11.3. The molecule has 0 unspecified atom stereocenters. The van der Waals surface area contributed by atoms with E-state index in [-0.39, 0.29) is 6.61 Å². The Morgan fingerprint density at radius 3 is 2.61 bits per heavy atom. The molecule has 3 rings (SSSR count). The summed E-state index contributed by atoms with van der Waals surface area (Å²) in [6.07, 6.45) is 1.14. The average Bonchev–Trinajstić information content (AvgIpc) is 2.89. The number of ether oxygens (including phenoxy) is 1. The van der Waals surface area contributed by atoms with Gasteiger partial charge in [0, 0.05) is 5.02 Å². The van der Waals surface area contributed by atoms with Crippen LogP contribution in [0.2, 0.25) is 5.02 Å². The maximum Gasteiger partial charge on any atom is 0.119 e. The quantitative estimate of drug-likeness (QED) is 0.775. The highest BCUT2D eigenvalue weighted by Crippen LogP contribution is 2.19. The first kappa shape index (κ1) is 15.8. The molecule has 0 radical (unpaired) electrons. The van der Waals surface area contributed by atoms with Crippen LogP contribution in [0.3, 0.4) is 0 Å². The number of nitrogens with zero attached hydrogens (tertiary/aromatic N) is 2. The number of rotatable bonds is 5. The zero-order chi connectivity index (χ0) is 16.4. The van der Waals surface area contributed by atoms with Crippen LogP contribution in [-0.2, 0) is 6.54 Å². The van der Waals surface area contributed by atoms with Crippen molar-refractivity contribution in [2.75, 3.05) is 6.61 Å². The topological polar surface area (TPSA) is 47.3 Å². The van der Waals surface area contributed by atoms with Gasteiger partial charge in [0.1, 0.15) is 18.5 Å². The first-order valence-corrected chi connectivity index (χ1v) is 7.89. The van der Waals surface area contributed by atoms with Gasteiger partial charge in [-0.2, -0.15) is 0 Å². The van der Waals surface area contributed by atoms with Gasteiger partial charge < -0.3 is 14.4 Å². The number of hydrogen-bond acceptors (Lipinski definition) is 3. The molecule has 0 aliphatic carbocycles. The van der Waals surface area contributed by atoms with Crippen molar-refractivity contribution in [3.63, 3.8) is 0 Å². The zero-order valence-electron chi connectivity index (χ0n) is 13.2. The molecule has 23 heavy (non-hydrogen) atoms. The van der Waals surface area contributed by atoms with Crippen LogP contribution >= 0.6 is 11.6 Å². The number of benzene rings is 2. The van der Waals surface area contributed by atoms with Gasteiger partial charge in [-0.15, -0.1) is 0 Å². The van der Waals surface area contributed by atoms with Gasteiger partial charge in [0.25, 0.3) is 0 Å². The average molecular weight is 331 g/mol. The Labute approximate surface area is 140 Å². The summed E-state index contributed by atoms with van der Waals surface area (Å²) in [6.45, 7) is 4.80. The van der Waals surface area contributed by atoms with Gasteiger partial charge >= 0.3 is 0 Å².